The molecule has 1 saturated heterocycles. The molecule has 6 nitrogen and oxygen atoms in total. The van der Waals surface area contributed by atoms with Gasteiger partial charge >= 0.3 is 0 Å². The van der Waals surface area contributed by atoms with Crippen molar-refractivity contribution in [1.29, 1.82) is 0 Å². The van der Waals surface area contributed by atoms with Gasteiger partial charge in [-0.05, 0) is 24.8 Å². The molecular formula is C27H36N4O2. The Morgan fingerprint density at radius 1 is 1.12 bits per heavy atom. The zero-order valence-corrected chi connectivity index (χ0v) is 19.9. The number of carbonyl (C=O) groups excluding carboxylic acids is 1. The number of rotatable bonds is 6. The number of ether oxygens (including phenoxy) is 1. The summed E-state index contributed by atoms with van der Waals surface area (Å²) in [5, 5.41) is 0. The highest BCUT2D eigenvalue weighted by molar-refractivity contribution is 5.76. The van der Waals surface area contributed by atoms with E-state index in [9.17, 15) is 4.79 Å². The first-order valence-corrected chi connectivity index (χ1v) is 12.7. The zero-order chi connectivity index (χ0) is 22.6. The summed E-state index contributed by atoms with van der Waals surface area (Å²) in [5.74, 6) is 2.94. The van der Waals surface area contributed by atoms with Gasteiger partial charge in [-0.2, -0.15) is 0 Å². The quantitative estimate of drug-likeness (QED) is 0.667. The lowest BCUT2D eigenvalue weighted by Gasteiger charge is -2.34. The molecule has 0 radical (unpaired) electrons. The van der Waals surface area contributed by atoms with Crippen LogP contribution < -0.4 is 4.90 Å². The molecular weight excluding hydrogens is 412 g/mol. The van der Waals surface area contributed by atoms with Gasteiger partial charge in [0.15, 0.2) is 0 Å². The predicted molar refractivity (Wildman–Crippen MR) is 129 cm³/mol. The van der Waals surface area contributed by atoms with Crippen molar-refractivity contribution in [2.24, 2.45) is 5.92 Å². The summed E-state index contributed by atoms with van der Waals surface area (Å²) in [6.07, 6.45) is 8.54. The fourth-order valence-electron chi connectivity index (χ4n) is 5.56. The molecule has 0 unspecified atom stereocenters. The zero-order valence-electron chi connectivity index (χ0n) is 19.9. The highest BCUT2D eigenvalue weighted by Gasteiger charge is 2.28. The molecule has 6 heteroatoms. The predicted octanol–water partition coefficient (Wildman–Crippen LogP) is 4.07. The Hall–Kier alpha value is -2.47. The fourth-order valence-corrected chi connectivity index (χ4v) is 5.56. The number of carbonyl (C=O) groups is 1. The minimum atomic E-state index is 0.296. The molecule has 1 saturated carbocycles. The summed E-state index contributed by atoms with van der Waals surface area (Å²) in [5.41, 5.74) is 4.76. The lowest BCUT2D eigenvalue weighted by atomic mass is 10.00. The number of morpholine rings is 1. The van der Waals surface area contributed by atoms with Crippen LogP contribution in [-0.2, 0) is 28.9 Å². The molecule has 3 heterocycles. The SMILES string of the molecule is Cc1cccc(Cc2nc3c(c(N4CCOCC4)n2)CN(C(=O)CCC2CCCC2)CC3)c1. The molecule has 1 aromatic heterocycles. The van der Waals surface area contributed by atoms with Crippen LogP contribution in [0, 0.1) is 12.8 Å². The number of hydrogen-bond acceptors (Lipinski definition) is 5. The third-order valence-corrected chi connectivity index (χ3v) is 7.43. The second kappa shape index (κ2) is 10.2. The van der Waals surface area contributed by atoms with E-state index >= 15 is 0 Å². The first-order valence-electron chi connectivity index (χ1n) is 12.7. The molecule has 1 aliphatic carbocycles. The van der Waals surface area contributed by atoms with Crippen LogP contribution in [-0.4, -0.2) is 53.6 Å². The lowest BCUT2D eigenvalue weighted by Crippen LogP contribution is -2.41. The summed E-state index contributed by atoms with van der Waals surface area (Å²) in [4.78, 5) is 27.5. The van der Waals surface area contributed by atoms with Gasteiger partial charge in [0.1, 0.15) is 11.6 Å². The second-order valence-electron chi connectivity index (χ2n) is 9.91. The van der Waals surface area contributed by atoms with Gasteiger partial charge in [-0.25, -0.2) is 9.97 Å². The van der Waals surface area contributed by atoms with Crippen LogP contribution in [0.25, 0.3) is 0 Å². The van der Waals surface area contributed by atoms with E-state index < -0.39 is 0 Å². The third-order valence-electron chi connectivity index (χ3n) is 7.43. The van der Waals surface area contributed by atoms with Crippen LogP contribution in [0.15, 0.2) is 24.3 Å². The maximum Gasteiger partial charge on any atom is 0.222 e. The number of amides is 1. The third kappa shape index (κ3) is 5.37. The first kappa shape index (κ1) is 22.3. The van der Waals surface area contributed by atoms with Crippen molar-refractivity contribution in [1.82, 2.24) is 14.9 Å². The molecule has 2 aliphatic heterocycles. The summed E-state index contributed by atoms with van der Waals surface area (Å²) in [7, 11) is 0. The Bertz CT molecular complexity index is 980. The average molecular weight is 449 g/mol. The standard InChI is InChI=1S/C27H36N4O2/c1-20-5-4-8-22(17-20)18-25-28-24-11-12-31(26(32)10-9-21-6-2-3-7-21)19-23(24)27(29-25)30-13-15-33-16-14-30/h4-5,8,17,21H,2-3,6-7,9-16,18-19H2,1H3. The van der Waals surface area contributed by atoms with Crippen molar-refractivity contribution >= 4 is 11.7 Å². The highest BCUT2D eigenvalue weighted by Crippen LogP contribution is 2.31. The van der Waals surface area contributed by atoms with Gasteiger partial charge in [0.2, 0.25) is 5.91 Å². The Morgan fingerprint density at radius 3 is 2.73 bits per heavy atom. The molecule has 2 fully saturated rings. The van der Waals surface area contributed by atoms with Gasteiger partial charge in [0.25, 0.3) is 0 Å². The number of anilines is 1. The van der Waals surface area contributed by atoms with Crippen LogP contribution in [0.4, 0.5) is 5.82 Å². The smallest absolute Gasteiger partial charge is 0.222 e. The van der Waals surface area contributed by atoms with Gasteiger partial charge in [-0.1, -0.05) is 55.5 Å². The van der Waals surface area contributed by atoms with Crippen molar-refractivity contribution in [3.63, 3.8) is 0 Å². The molecule has 0 bridgehead atoms. The topological polar surface area (TPSA) is 58.6 Å². The normalized spacial score (nSPS) is 19.1. The molecule has 0 spiro atoms. The van der Waals surface area contributed by atoms with Crippen molar-refractivity contribution in [3.8, 4) is 0 Å². The van der Waals surface area contributed by atoms with Gasteiger partial charge in [0.05, 0.1) is 25.5 Å². The molecule has 0 atom stereocenters. The van der Waals surface area contributed by atoms with E-state index in [4.69, 9.17) is 14.7 Å². The Kier molecular flexibility index (Phi) is 6.91. The summed E-state index contributed by atoms with van der Waals surface area (Å²) in [6.45, 7) is 6.63. The van der Waals surface area contributed by atoms with Crippen LogP contribution in [0.3, 0.4) is 0 Å². The summed E-state index contributed by atoms with van der Waals surface area (Å²) >= 11 is 0. The Balaban J connectivity index is 1.36. The highest BCUT2D eigenvalue weighted by atomic mass is 16.5. The maximum absolute atomic E-state index is 13.0. The van der Waals surface area contributed by atoms with Gasteiger partial charge in [-0.15, -0.1) is 0 Å². The summed E-state index contributed by atoms with van der Waals surface area (Å²) < 4.78 is 5.59. The maximum atomic E-state index is 13.0. The van der Waals surface area contributed by atoms with Gasteiger partial charge in [0, 0.05) is 44.5 Å². The fraction of sp³-hybridized carbons (Fsp3) is 0.593. The molecule has 0 N–H and O–H groups in total. The van der Waals surface area contributed by atoms with Crippen LogP contribution in [0.1, 0.15) is 66.7 Å². The monoisotopic (exact) mass is 448 g/mol. The lowest BCUT2D eigenvalue weighted by molar-refractivity contribution is -0.132. The van der Waals surface area contributed by atoms with Crippen molar-refractivity contribution in [2.75, 3.05) is 37.7 Å². The Labute approximate surface area is 197 Å². The molecule has 33 heavy (non-hydrogen) atoms. The number of aromatic nitrogens is 2. The number of aryl methyl sites for hydroxylation is 1. The molecule has 176 valence electrons. The number of benzene rings is 1. The largest absolute Gasteiger partial charge is 0.378 e. The Morgan fingerprint density at radius 2 is 1.94 bits per heavy atom. The van der Waals surface area contributed by atoms with Crippen LogP contribution >= 0.6 is 0 Å². The average Bonchev–Trinajstić information content (AvgIpc) is 3.36. The van der Waals surface area contributed by atoms with E-state index in [1.807, 2.05) is 4.90 Å². The van der Waals surface area contributed by atoms with Crippen molar-refractivity contribution in [2.45, 2.75) is 64.8 Å². The van der Waals surface area contributed by atoms with E-state index in [0.29, 0.717) is 18.9 Å². The second-order valence-corrected chi connectivity index (χ2v) is 9.91. The molecule has 1 aromatic carbocycles. The van der Waals surface area contributed by atoms with Crippen LogP contribution in [0.5, 0.6) is 0 Å². The number of nitrogens with zero attached hydrogens (tertiary/aromatic N) is 4. The minimum absolute atomic E-state index is 0.296. The summed E-state index contributed by atoms with van der Waals surface area (Å²) in [6, 6.07) is 8.58. The van der Waals surface area contributed by atoms with E-state index in [1.54, 1.807) is 0 Å². The van der Waals surface area contributed by atoms with Crippen molar-refractivity contribution < 1.29 is 9.53 Å². The molecule has 2 aromatic rings. The molecule has 3 aliphatic rings. The number of fused-ring (bicyclic) bond motifs is 1. The van der Waals surface area contributed by atoms with E-state index in [0.717, 1.165) is 80.9 Å². The molecule has 1 amide bonds. The van der Waals surface area contributed by atoms with Crippen LogP contribution in [0.2, 0.25) is 0 Å². The van der Waals surface area contributed by atoms with Crippen molar-refractivity contribution in [3.05, 3.63) is 52.5 Å². The van der Waals surface area contributed by atoms with E-state index in [2.05, 4.69) is 36.1 Å². The molecule has 5 rings (SSSR count). The van der Waals surface area contributed by atoms with E-state index in [-0.39, 0.29) is 0 Å². The number of hydrogen-bond donors (Lipinski definition) is 0. The van der Waals surface area contributed by atoms with E-state index in [1.165, 1.54) is 36.8 Å². The van der Waals surface area contributed by atoms with Gasteiger partial charge in [-0.3, -0.25) is 4.79 Å². The van der Waals surface area contributed by atoms with Gasteiger partial charge < -0.3 is 14.5 Å². The first-order chi connectivity index (χ1) is 16.2. The minimum Gasteiger partial charge on any atom is -0.378 e.